The van der Waals surface area contributed by atoms with Gasteiger partial charge in [-0.1, -0.05) is 0 Å². The summed E-state index contributed by atoms with van der Waals surface area (Å²) in [5, 5.41) is 0.00894. The van der Waals surface area contributed by atoms with Gasteiger partial charge < -0.3 is 28.4 Å². The molecule has 0 saturated heterocycles. The average molecular weight is 520 g/mol. The molecule has 0 aliphatic carbocycles. The van der Waals surface area contributed by atoms with Crippen molar-refractivity contribution >= 4 is 34.5 Å². The first-order valence-electron chi connectivity index (χ1n) is 11.1. The van der Waals surface area contributed by atoms with Crippen LogP contribution in [-0.4, -0.2) is 82.2 Å². The first-order valence-corrected chi connectivity index (χ1v) is 12.4. The van der Waals surface area contributed by atoms with Gasteiger partial charge in [-0.15, -0.1) is 0 Å². The lowest BCUT2D eigenvalue weighted by atomic mass is 10.1. The number of nitrogens with zero attached hydrogens (tertiary/aromatic N) is 5. The van der Waals surface area contributed by atoms with Gasteiger partial charge >= 0.3 is 17.3 Å². The molecule has 3 heterocycles. The second-order valence-electron chi connectivity index (χ2n) is 7.70. The van der Waals surface area contributed by atoms with E-state index >= 15 is 0 Å². The van der Waals surface area contributed by atoms with E-state index in [0.717, 1.165) is 11.1 Å². The third kappa shape index (κ3) is 5.79. The molecule has 0 fully saturated rings. The zero-order valence-electron chi connectivity index (χ0n) is 21.1. The molecule has 36 heavy (non-hydrogen) atoms. The summed E-state index contributed by atoms with van der Waals surface area (Å²) in [5.74, 6) is 0.934. The lowest BCUT2D eigenvalue weighted by molar-refractivity contribution is 0.0550. The molecule has 0 saturated carbocycles. The second kappa shape index (κ2) is 11.9. The molecule has 1 unspecified atom stereocenters. The minimum Gasteiger partial charge on any atom is -0.609 e. The summed E-state index contributed by atoms with van der Waals surface area (Å²) < 4.78 is 35.0. The number of carbonyl (C=O) groups is 2. The molecule has 1 atom stereocenters. The zero-order valence-corrected chi connectivity index (χ0v) is 21.9. The van der Waals surface area contributed by atoms with Crippen molar-refractivity contribution in [1.29, 1.82) is 0 Å². The van der Waals surface area contributed by atoms with Crippen molar-refractivity contribution in [2.24, 2.45) is 0 Å². The molecule has 3 rings (SSSR count). The summed E-state index contributed by atoms with van der Waals surface area (Å²) in [6, 6.07) is 2.68. The third-order valence-electron chi connectivity index (χ3n) is 5.31. The predicted molar refractivity (Wildman–Crippen MR) is 131 cm³/mol. The summed E-state index contributed by atoms with van der Waals surface area (Å²) in [7, 11) is 4.54. The molecular formula is C23H29N5O7S. The van der Waals surface area contributed by atoms with Gasteiger partial charge in [-0.05, 0) is 26.8 Å². The van der Waals surface area contributed by atoms with E-state index in [2.05, 4.69) is 15.0 Å². The van der Waals surface area contributed by atoms with Crippen LogP contribution in [0, 0.1) is 13.8 Å². The number of hydrogen-bond donors (Lipinski definition) is 0. The van der Waals surface area contributed by atoms with E-state index in [1.54, 1.807) is 32.4 Å². The number of methoxy groups -OCH3 is 2. The van der Waals surface area contributed by atoms with Gasteiger partial charge in [0.05, 0.1) is 33.1 Å². The van der Waals surface area contributed by atoms with Gasteiger partial charge in [-0.2, -0.15) is 14.5 Å². The summed E-state index contributed by atoms with van der Waals surface area (Å²) in [5.41, 5.74) is 2.73. The van der Waals surface area contributed by atoms with Crippen LogP contribution in [0.3, 0.4) is 0 Å². The fourth-order valence-corrected chi connectivity index (χ4v) is 4.69. The Morgan fingerprint density at radius 2 is 1.89 bits per heavy atom. The highest BCUT2D eigenvalue weighted by atomic mass is 32.2. The molecule has 0 aromatic carbocycles. The Morgan fingerprint density at radius 3 is 2.56 bits per heavy atom. The standard InChI is InChI=1S/C23H29N5O7S/c1-7-34-23(30)35-11-10-27(4)22(29)28-20-16(8-9-18(26-20)32-5)25-21(28)36(31)13-17-15(3)19(33-6)14(2)12-24-17/h8-9,12H,7,10-11,13H2,1-6H3. The molecule has 0 aliphatic heterocycles. The minimum atomic E-state index is -1.77. The normalized spacial score (nSPS) is 11.8. The van der Waals surface area contributed by atoms with Gasteiger partial charge in [0.15, 0.2) is 11.4 Å². The van der Waals surface area contributed by atoms with Crippen LogP contribution in [0.2, 0.25) is 0 Å². The second-order valence-corrected chi connectivity index (χ2v) is 9.04. The molecule has 194 valence electrons. The molecule has 13 heteroatoms. The smallest absolute Gasteiger partial charge is 0.508 e. The molecule has 12 nitrogen and oxygen atoms in total. The number of pyridine rings is 2. The number of likely N-dealkylation sites (N-methyl/N-ethyl adjacent to an activating group) is 1. The van der Waals surface area contributed by atoms with Gasteiger partial charge in [0.25, 0.3) is 0 Å². The van der Waals surface area contributed by atoms with Gasteiger partial charge in [0.2, 0.25) is 5.88 Å². The number of imidazole rings is 1. The van der Waals surface area contributed by atoms with Crippen LogP contribution in [0.4, 0.5) is 9.59 Å². The fourth-order valence-electron chi connectivity index (χ4n) is 3.46. The molecule has 0 N–H and O–H groups in total. The quantitative estimate of drug-likeness (QED) is 0.306. The zero-order chi connectivity index (χ0) is 26.4. The number of aromatic nitrogens is 4. The summed E-state index contributed by atoms with van der Waals surface area (Å²) in [6.45, 7) is 5.52. The summed E-state index contributed by atoms with van der Waals surface area (Å²) in [4.78, 5) is 39.4. The van der Waals surface area contributed by atoms with E-state index in [1.807, 2.05) is 13.8 Å². The summed E-state index contributed by atoms with van der Waals surface area (Å²) >= 11 is -1.77. The van der Waals surface area contributed by atoms with Gasteiger partial charge in [0, 0.05) is 41.6 Å². The monoisotopic (exact) mass is 519 g/mol. The Balaban J connectivity index is 1.95. The van der Waals surface area contributed by atoms with Gasteiger partial charge in [-0.3, -0.25) is 4.98 Å². The fraction of sp³-hybridized carbons (Fsp3) is 0.435. The number of hydrogen-bond acceptors (Lipinski definition) is 10. The van der Waals surface area contributed by atoms with Crippen molar-refractivity contribution in [3.05, 3.63) is 35.2 Å². The highest BCUT2D eigenvalue weighted by Gasteiger charge is 2.30. The van der Waals surface area contributed by atoms with Crippen LogP contribution >= 0.6 is 0 Å². The molecule has 3 aromatic rings. The van der Waals surface area contributed by atoms with Crippen LogP contribution in [0.25, 0.3) is 11.2 Å². The maximum absolute atomic E-state index is 13.5. The maximum atomic E-state index is 13.5. The third-order valence-corrected chi connectivity index (χ3v) is 6.52. The first kappa shape index (κ1) is 27.0. The lowest BCUT2D eigenvalue weighted by Gasteiger charge is -2.19. The van der Waals surface area contributed by atoms with Crippen molar-refractivity contribution in [1.82, 2.24) is 24.4 Å². The highest BCUT2D eigenvalue weighted by molar-refractivity contribution is 7.90. The average Bonchev–Trinajstić information content (AvgIpc) is 3.24. The van der Waals surface area contributed by atoms with Crippen LogP contribution in [0.5, 0.6) is 11.6 Å². The number of fused-ring (bicyclic) bond motifs is 1. The Bertz CT molecular complexity index is 1250. The molecule has 0 bridgehead atoms. The number of carbonyl (C=O) groups excluding carboxylic acids is 2. The SMILES string of the molecule is CCOC(=O)OCCN(C)C(=O)n1c([S+]([O-])Cc2ncc(C)c(OC)c2C)nc2ccc(OC)nc21. The molecule has 0 aliphatic rings. The Hall–Kier alpha value is -3.58. The van der Waals surface area contributed by atoms with E-state index in [4.69, 9.17) is 18.9 Å². The van der Waals surface area contributed by atoms with Crippen molar-refractivity contribution in [2.45, 2.75) is 31.7 Å². The number of aryl methyl sites for hydroxylation is 1. The van der Waals surface area contributed by atoms with Gasteiger partial charge in [-0.25, -0.2) is 9.59 Å². The maximum Gasteiger partial charge on any atom is 0.508 e. The van der Waals surface area contributed by atoms with Crippen LogP contribution in [0.1, 0.15) is 23.7 Å². The van der Waals surface area contributed by atoms with Crippen LogP contribution in [0.15, 0.2) is 23.5 Å². The van der Waals surface area contributed by atoms with Crippen LogP contribution in [-0.2, 0) is 26.4 Å². The number of amides is 1. The van der Waals surface area contributed by atoms with E-state index in [0.29, 0.717) is 17.0 Å². The van der Waals surface area contributed by atoms with Crippen molar-refractivity contribution < 1.29 is 33.1 Å². The largest absolute Gasteiger partial charge is 0.609 e. The predicted octanol–water partition coefficient (Wildman–Crippen LogP) is 2.84. The number of ether oxygens (including phenoxy) is 4. The van der Waals surface area contributed by atoms with E-state index in [1.165, 1.54) is 23.6 Å². The molecular weight excluding hydrogens is 490 g/mol. The van der Waals surface area contributed by atoms with Crippen molar-refractivity contribution in [3.63, 3.8) is 0 Å². The molecule has 1 amide bonds. The Labute approximate surface area is 211 Å². The highest BCUT2D eigenvalue weighted by Crippen LogP contribution is 2.28. The topological polar surface area (TPSA) is 141 Å². The minimum absolute atomic E-state index is 0.00585. The Kier molecular flexibility index (Phi) is 8.93. The van der Waals surface area contributed by atoms with Crippen LogP contribution < -0.4 is 9.47 Å². The van der Waals surface area contributed by atoms with Crippen molar-refractivity contribution in [2.75, 3.05) is 41.0 Å². The molecule has 0 spiro atoms. The Morgan fingerprint density at radius 1 is 1.14 bits per heavy atom. The molecule has 0 radical (unpaired) electrons. The lowest BCUT2D eigenvalue weighted by Crippen LogP contribution is -2.36. The van der Waals surface area contributed by atoms with E-state index < -0.39 is 23.4 Å². The van der Waals surface area contributed by atoms with Crippen molar-refractivity contribution in [3.8, 4) is 11.6 Å². The van der Waals surface area contributed by atoms with E-state index in [-0.39, 0.29) is 42.2 Å². The van der Waals surface area contributed by atoms with Gasteiger partial charge in [0.1, 0.15) is 17.9 Å². The number of rotatable bonds is 9. The summed E-state index contributed by atoms with van der Waals surface area (Å²) in [6.07, 6.45) is 0.826. The van der Waals surface area contributed by atoms with E-state index in [9.17, 15) is 14.1 Å². The first-order chi connectivity index (χ1) is 17.2. The molecule has 3 aromatic heterocycles.